The van der Waals surface area contributed by atoms with Gasteiger partial charge in [-0.2, -0.15) is 0 Å². The fraction of sp³-hybridized carbons (Fsp3) is 0.333. The highest BCUT2D eigenvalue weighted by Crippen LogP contribution is 2.31. The van der Waals surface area contributed by atoms with Gasteiger partial charge in [0.15, 0.2) is 0 Å². The SMILES string of the molecule is CC(C)[C@@H](NCc1nc(-c2cc(Cl)ccc2Cl)cs1)C(=O)O. The van der Waals surface area contributed by atoms with E-state index < -0.39 is 12.0 Å². The predicted molar refractivity (Wildman–Crippen MR) is 90.7 cm³/mol. The van der Waals surface area contributed by atoms with E-state index in [2.05, 4.69) is 10.3 Å². The smallest absolute Gasteiger partial charge is 0.320 e. The Kier molecular flexibility index (Phi) is 5.81. The molecule has 0 bridgehead atoms. The van der Waals surface area contributed by atoms with Crippen LogP contribution >= 0.6 is 34.5 Å². The van der Waals surface area contributed by atoms with E-state index in [9.17, 15) is 4.79 Å². The van der Waals surface area contributed by atoms with Crippen LogP contribution in [0.15, 0.2) is 23.6 Å². The number of hydrogen-bond donors (Lipinski definition) is 2. The summed E-state index contributed by atoms with van der Waals surface area (Å²) in [5.74, 6) is -0.857. The van der Waals surface area contributed by atoms with Gasteiger partial charge in [0.25, 0.3) is 0 Å². The number of hydrogen-bond acceptors (Lipinski definition) is 4. The summed E-state index contributed by atoms with van der Waals surface area (Å²) in [6.07, 6.45) is 0. The van der Waals surface area contributed by atoms with E-state index in [4.69, 9.17) is 28.3 Å². The number of rotatable bonds is 6. The molecule has 1 aromatic heterocycles. The van der Waals surface area contributed by atoms with Gasteiger partial charge >= 0.3 is 5.97 Å². The molecule has 2 aromatic rings. The Bertz CT molecular complexity index is 673. The van der Waals surface area contributed by atoms with Crippen molar-refractivity contribution < 1.29 is 9.90 Å². The van der Waals surface area contributed by atoms with Crippen molar-refractivity contribution in [1.29, 1.82) is 0 Å². The van der Waals surface area contributed by atoms with Crippen LogP contribution in [0.25, 0.3) is 11.3 Å². The second kappa shape index (κ2) is 7.42. The zero-order valence-corrected chi connectivity index (χ0v) is 14.5. The molecule has 0 unspecified atom stereocenters. The Morgan fingerprint density at radius 1 is 1.41 bits per heavy atom. The molecule has 0 aliphatic carbocycles. The normalized spacial score (nSPS) is 12.6. The molecular weight excluding hydrogens is 343 g/mol. The molecule has 2 rings (SSSR count). The number of carbonyl (C=O) groups is 1. The van der Waals surface area contributed by atoms with Crippen LogP contribution < -0.4 is 5.32 Å². The third-order valence-electron chi connectivity index (χ3n) is 3.16. The molecule has 0 saturated carbocycles. The molecule has 0 aliphatic heterocycles. The number of carboxylic acid groups (broad SMARTS) is 1. The van der Waals surface area contributed by atoms with E-state index in [1.165, 1.54) is 11.3 Å². The standard InChI is InChI=1S/C15H16Cl2N2O2S/c1-8(2)14(15(20)21)18-6-13-19-12(7-22-13)10-5-9(16)3-4-11(10)17/h3-5,7-8,14,18H,6H2,1-2H3,(H,20,21)/t14-/m1/s1. The molecule has 1 aromatic carbocycles. The highest BCUT2D eigenvalue weighted by Gasteiger charge is 2.21. The summed E-state index contributed by atoms with van der Waals surface area (Å²) >= 11 is 13.6. The first kappa shape index (κ1) is 17.2. The van der Waals surface area contributed by atoms with Crippen molar-refractivity contribution in [2.75, 3.05) is 0 Å². The van der Waals surface area contributed by atoms with Crippen molar-refractivity contribution in [3.8, 4) is 11.3 Å². The number of benzene rings is 1. The molecule has 4 nitrogen and oxygen atoms in total. The monoisotopic (exact) mass is 358 g/mol. The zero-order chi connectivity index (χ0) is 16.3. The lowest BCUT2D eigenvalue weighted by atomic mass is 10.1. The summed E-state index contributed by atoms with van der Waals surface area (Å²) in [5.41, 5.74) is 1.51. The van der Waals surface area contributed by atoms with Crippen LogP contribution in [0.2, 0.25) is 10.0 Å². The molecule has 0 fully saturated rings. The number of aliphatic carboxylic acids is 1. The highest BCUT2D eigenvalue weighted by atomic mass is 35.5. The number of nitrogens with one attached hydrogen (secondary N) is 1. The Morgan fingerprint density at radius 2 is 2.14 bits per heavy atom. The average Bonchev–Trinajstić information content (AvgIpc) is 2.89. The van der Waals surface area contributed by atoms with Gasteiger partial charge in [0, 0.05) is 22.5 Å². The zero-order valence-electron chi connectivity index (χ0n) is 12.1. The molecular formula is C15H16Cl2N2O2S. The number of aromatic nitrogens is 1. The Labute approximate surface area is 143 Å². The maximum Gasteiger partial charge on any atom is 0.320 e. The van der Waals surface area contributed by atoms with Crippen LogP contribution in [0, 0.1) is 5.92 Å². The molecule has 7 heteroatoms. The third-order valence-corrected chi connectivity index (χ3v) is 4.58. The molecule has 1 atom stereocenters. The molecule has 2 N–H and O–H groups in total. The summed E-state index contributed by atoms with van der Waals surface area (Å²) < 4.78 is 0. The van der Waals surface area contributed by atoms with Gasteiger partial charge in [-0.25, -0.2) is 4.98 Å². The summed E-state index contributed by atoms with van der Waals surface area (Å²) in [6, 6.07) is 4.63. The van der Waals surface area contributed by atoms with E-state index in [0.717, 1.165) is 16.3 Å². The van der Waals surface area contributed by atoms with Crippen LogP contribution in [-0.4, -0.2) is 22.1 Å². The van der Waals surface area contributed by atoms with E-state index in [1.807, 2.05) is 19.2 Å². The van der Waals surface area contributed by atoms with Crippen molar-refractivity contribution in [1.82, 2.24) is 10.3 Å². The Hall–Kier alpha value is -1.14. The van der Waals surface area contributed by atoms with Gasteiger partial charge in [-0.15, -0.1) is 11.3 Å². The molecule has 1 heterocycles. The van der Waals surface area contributed by atoms with Gasteiger partial charge in [0.05, 0.1) is 10.7 Å². The maximum atomic E-state index is 11.2. The fourth-order valence-corrected chi connectivity index (χ4v) is 3.15. The van der Waals surface area contributed by atoms with Gasteiger partial charge in [-0.3, -0.25) is 10.1 Å². The predicted octanol–water partition coefficient (Wildman–Crippen LogP) is 4.32. The minimum absolute atomic E-state index is 0.000642. The van der Waals surface area contributed by atoms with Gasteiger partial charge < -0.3 is 5.11 Å². The molecule has 0 aliphatic rings. The van der Waals surface area contributed by atoms with Crippen molar-refractivity contribution >= 4 is 40.5 Å². The molecule has 0 amide bonds. The molecule has 0 spiro atoms. The van der Waals surface area contributed by atoms with E-state index >= 15 is 0 Å². The Morgan fingerprint density at radius 3 is 2.77 bits per heavy atom. The Balaban J connectivity index is 2.12. The van der Waals surface area contributed by atoms with Crippen molar-refractivity contribution in [3.63, 3.8) is 0 Å². The first-order valence-electron chi connectivity index (χ1n) is 6.74. The second-order valence-corrected chi connectivity index (χ2v) is 6.98. The first-order chi connectivity index (χ1) is 10.4. The summed E-state index contributed by atoms with van der Waals surface area (Å²) in [6.45, 7) is 4.13. The molecule has 0 saturated heterocycles. The van der Waals surface area contributed by atoms with Gasteiger partial charge in [-0.05, 0) is 24.1 Å². The lowest BCUT2D eigenvalue weighted by Gasteiger charge is -2.16. The second-order valence-electron chi connectivity index (χ2n) is 5.19. The summed E-state index contributed by atoms with van der Waals surface area (Å²) in [7, 11) is 0. The van der Waals surface area contributed by atoms with Crippen molar-refractivity contribution in [2.45, 2.75) is 26.4 Å². The largest absolute Gasteiger partial charge is 0.480 e. The number of carboxylic acids is 1. The van der Waals surface area contributed by atoms with Crippen LogP contribution in [-0.2, 0) is 11.3 Å². The maximum absolute atomic E-state index is 11.2. The van der Waals surface area contributed by atoms with Crippen LogP contribution in [0.1, 0.15) is 18.9 Å². The minimum atomic E-state index is -0.857. The molecule has 118 valence electrons. The van der Waals surface area contributed by atoms with E-state index in [1.54, 1.807) is 18.2 Å². The van der Waals surface area contributed by atoms with Crippen LogP contribution in [0.5, 0.6) is 0 Å². The summed E-state index contributed by atoms with van der Waals surface area (Å²) in [5, 5.41) is 16.0. The van der Waals surface area contributed by atoms with E-state index in [0.29, 0.717) is 16.6 Å². The third kappa shape index (κ3) is 4.20. The number of halogens is 2. The quantitative estimate of drug-likeness (QED) is 0.807. The lowest BCUT2D eigenvalue weighted by molar-refractivity contribution is -0.140. The van der Waals surface area contributed by atoms with Crippen molar-refractivity contribution in [3.05, 3.63) is 38.6 Å². The van der Waals surface area contributed by atoms with Crippen molar-refractivity contribution in [2.24, 2.45) is 5.92 Å². The lowest BCUT2D eigenvalue weighted by Crippen LogP contribution is -2.40. The van der Waals surface area contributed by atoms with Gasteiger partial charge in [-0.1, -0.05) is 37.0 Å². The fourth-order valence-electron chi connectivity index (χ4n) is 2.02. The molecule has 22 heavy (non-hydrogen) atoms. The van der Waals surface area contributed by atoms with Crippen LogP contribution in [0.3, 0.4) is 0 Å². The number of nitrogens with zero attached hydrogens (tertiary/aromatic N) is 1. The summed E-state index contributed by atoms with van der Waals surface area (Å²) in [4.78, 5) is 15.7. The first-order valence-corrected chi connectivity index (χ1v) is 8.38. The molecule has 0 radical (unpaired) electrons. The topological polar surface area (TPSA) is 62.2 Å². The van der Waals surface area contributed by atoms with E-state index in [-0.39, 0.29) is 5.92 Å². The highest BCUT2D eigenvalue weighted by molar-refractivity contribution is 7.09. The van der Waals surface area contributed by atoms with Crippen LogP contribution in [0.4, 0.5) is 0 Å². The average molecular weight is 359 g/mol. The van der Waals surface area contributed by atoms with Gasteiger partial charge in [0.2, 0.25) is 0 Å². The minimum Gasteiger partial charge on any atom is -0.480 e. The van der Waals surface area contributed by atoms with Gasteiger partial charge in [0.1, 0.15) is 11.0 Å². The number of thiazole rings is 1.